The van der Waals surface area contributed by atoms with E-state index in [1.807, 2.05) is 0 Å². The summed E-state index contributed by atoms with van der Waals surface area (Å²) in [5.74, 6) is 1.75. The second-order valence-electron chi connectivity index (χ2n) is 8.13. The summed E-state index contributed by atoms with van der Waals surface area (Å²) in [7, 11) is 0. The van der Waals surface area contributed by atoms with Crippen molar-refractivity contribution in [3.63, 3.8) is 0 Å². The minimum atomic E-state index is 0.362. The summed E-state index contributed by atoms with van der Waals surface area (Å²) in [5, 5.41) is 7.07. The van der Waals surface area contributed by atoms with Crippen molar-refractivity contribution in [2.24, 2.45) is 16.3 Å². The van der Waals surface area contributed by atoms with Crippen molar-refractivity contribution in [1.82, 2.24) is 15.5 Å². The number of ether oxygens (including phenoxy) is 1. The molecule has 1 saturated carbocycles. The molecule has 1 heterocycles. The Bertz CT molecular complexity index is 407. The van der Waals surface area contributed by atoms with Gasteiger partial charge in [-0.15, -0.1) is 0 Å². The van der Waals surface area contributed by atoms with Crippen LogP contribution >= 0.6 is 0 Å². The van der Waals surface area contributed by atoms with Gasteiger partial charge in [-0.25, -0.2) is 0 Å². The van der Waals surface area contributed by atoms with Crippen molar-refractivity contribution in [3.05, 3.63) is 0 Å². The second-order valence-corrected chi connectivity index (χ2v) is 8.13. The van der Waals surface area contributed by atoms with Crippen molar-refractivity contribution in [2.75, 3.05) is 52.5 Å². The van der Waals surface area contributed by atoms with Crippen LogP contribution in [0, 0.1) is 11.3 Å². The molecule has 0 radical (unpaired) electrons. The fraction of sp³-hybridized carbons (Fsp3) is 0.952. The fourth-order valence-corrected chi connectivity index (χ4v) is 4.48. The van der Waals surface area contributed by atoms with Crippen molar-refractivity contribution < 1.29 is 4.74 Å². The molecule has 1 saturated heterocycles. The van der Waals surface area contributed by atoms with E-state index in [4.69, 9.17) is 9.73 Å². The largest absolute Gasteiger partial charge is 0.382 e. The molecule has 0 spiro atoms. The van der Waals surface area contributed by atoms with Gasteiger partial charge in [-0.1, -0.05) is 19.8 Å². The second kappa shape index (κ2) is 11.8. The molecule has 1 unspecified atom stereocenters. The Kier molecular flexibility index (Phi) is 9.76. The first-order valence-corrected chi connectivity index (χ1v) is 11.0. The van der Waals surface area contributed by atoms with Crippen LogP contribution in [-0.2, 0) is 4.74 Å². The van der Waals surface area contributed by atoms with E-state index in [-0.39, 0.29) is 0 Å². The molecule has 0 bridgehead atoms. The number of hydrogen-bond acceptors (Lipinski definition) is 3. The van der Waals surface area contributed by atoms with Gasteiger partial charge in [-0.3, -0.25) is 4.99 Å². The van der Waals surface area contributed by atoms with Gasteiger partial charge in [-0.05, 0) is 70.4 Å². The molecular weight excluding hydrogens is 324 g/mol. The quantitative estimate of drug-likeness (QED) is 0.354. The van der Waals surface area contributed by atoms with Crippen LogP contribution in [0.3, 0.4) is 0 Å². The topological polar surface area (TPSA) is 48.9 Å². The summed E-state index contributed by atoms with van der Waals surface area (Å²) in [6.07, 6.45) is 9.11. The molecule has 1 aliphatic carbocycles. The maximum absolute atomic E-state index is 5.64. The van der Waals surface area contributed by atoms with E-state index in [1.54, 1.807) is 0 Å². The van der Waals surface area contributed by atoms with Gasteiger partial charge in [0, 0.05) is 39.4 Å². The lowest BCUT2D eigenvalue weighted by atomic mass is 9.83. The predicted molar refractivity (Wildman–Crippen MR) is 111 cm³/mol. The lowest BCUT2D eigenvalue weighted by Crippen LogP contribution is -2.44. The highest BCUT2D eigenvalue weighted by Crippen LogP contribution is 2.41. The minimum absolute atomic E-state index is 0.362. The lowest BCUT2D eigenvalue weighted by molar-refractivity contribution is 0.107. The number of likely N-dealkylation sites (tertiary alicyclic amines) is 1. The van der Waals surface area contributed by atoms with Crippen LogP contribution in [0.25, 0.3) is 0 Å². The number of piperidine rings is 1. The van der Waals surface area contributed by atoms with Crippen molar-refractivity contribution in [2.45, 2.75) is 65.7 Å². The highest BCUT2D eigenvalue weighted by molar-refractivity contribution is 5.79. The first-order chi connectivity index (χ1) is 12.7. The number of nitrogens with one attached hydrogen (secondary N) is 2. The van der Waals surface area contributed by atoms with Crippen LogP contribution in [0.2, 0.25) is 0 Å². The van der Waals surface area contributed by atoms with Crippen LogP contribution in [0.4, 0.5) is 0 Å². The number of aliphatic imine (C=N–C) groups is 1. The first-order valence-electron chi connectivity index (χ1n) is 11.0. The summed E-state index contributed by atoms with van der Waals surface area (Å²) in [4.78, 5) is 7.57. The molecule has 2 aliphatic rings. The van der Waals surface area contributed by atoms with Crippen molar-refractivity contribution in [3.8, 4) is 0 Å². The van der Waals surface area contributed by atoms with E-state index in [0.717, 1.165) is 51.1 Å². The standard InChI is InChI=1S/C21H42N4O/c1-4-22-20(23-16-19-10-9-14-25(5-2)17-19)24-18-21(11-7-8-12-21)13-15-26-6-3/h19H,4-18H2,1-3H3,(H2,22,23,24). The van der Waals surface area contributed by atoms with E-state index in [0.29, 0.717) is 5.41 Å². The molecule has 1 aliphatic heterocycles. The zero-order chi connectivity index (χ0) is 18.7. The third kappa shape index (κ3) is 7.07. The Morgan fingerprint density at radius 3 is 2.65 bits per heavy atom. The van der Waals surface area contributed by atoms with Crippen LogP contribution in [0.5, 0.6) is 0 Å². The van der Waals surface area contributed by atoms with Crippen LogP contribution in [0.1, 0.15) is 65.7 Å². The highest BCUT2D eigenvalue weighted by atomic mass is 16.5. The average Bonchev–Trinajstić information content (AvgIpc) is 3.13. The summed E-state index contributed by atoms with van der Waals surface area (Å²) < 4.78 is 5.64. The molecule has 26 heavy (non-hydrogen) atoms. The monoisotopic (exact) mass is 366 g/mol. The van der Waals surface area contributed by atoms with Crippen LogP contribution in [-0.4, -0.2) is 63.3 Å². The van der Waals surface area contributed by atoms with E-state index < -0.39 is 0 Å². The average molecular weight is 367 g/mol. The Morgan fingerprint density at radius 1 is 1.15 bits per heavy atom. The van der Waals surface area contributed by atoms with Crippen molar-refractivity contribution in [1.29, 1.82) is 0 Å². The molecule has 2 rings (SSSR count). The third-order valence-corrected chi connectivity index (χ3v) is 6.17. The normalized spacial score (nSPS) is 24.0. The van der Waals surface area contributed by atoms with E-state index in [2.05, 4.69) is 36.3 Å². The summed E-state index contributed by atoms with van der Waals surface area (Å²) >= 11 is 0. The van der Waals surface area contributed by atoms with Gasteiger partial charge < -0.3 is 20.3 Å². The number of hydrogen-bond donors (Lipinski definition) is 2. The molecule has 0 aromatic carbocycles. The van der Waals surface area contributed by atoms with Gasteiger partial charge in [0.05, 0.1) is 0 Å². The van der Waals surface area contributed by atoms with Gasteiger partial charge in [0.2, 0.25) is 0 Å². The molecule has 0 amide bonds. The molecule has 5 heteroatoms. The van der Waals surface area contributed by atoms with Gasteiger partial charge in [0.15, 0.2) is 5.96 Å². The Morgan fingerprint density at radius 2 is 1.96 bits per heavy atom. The fourth-order valence-electron chi connectivity index (χ4n) is 4.48. The highest BCUT2D eigenvalue weighted by Gasteiger charge is 2.33. The third-order valence-electron chi connectivity index (χ3n) is 6.17. The Labute approximate surface area is 161 Å². The zero-order valence-electron chi connectivity index (χ0n) is 17.5. The minimum Gasteiger partial charge on any atom is -0.382 e. The summed E-state index contributed by atoms with van der Waals surface area (Å²) in [6.45, 7) is 14.8. The maximum Gasteiger partial charge on any atom is 0.191 e. The molecule has 152 valence electrons. The molecule has 5 nitrogen and oxygen atoms in total. The van der Waals surface area contributed by atoms with E-state index in [1.165, 1.54) is 58.2 Å². The summed E-state index contributed by atoms with van der Waals surface area (Å²) in [5.41, 5.74) is 0.362. The lowest BCUT2D eigenvalue weighted by Gasteiger charge is -2.32. The van der Waals surface area contributed by atoms with Crippen LogP contribution < -0.4 is 10.6 Å². The SMILES string of the molecule is CCNC(=NCC1(CCOCC)CCCC1)NCC1CCCN(CC)C1. The van der Waals surface area contributed by atoms with E-state index in [9.17, 15) is 0 Å². The Hall–Kier alpha value is -0.810. The van der Waals surface area contributed by atoms with Gasteiger partial charge >= 0.3 is 0 Å². The van der Waals surface area contributed by atoms with Crippen LogP contribution in [0.15, 0.2) is 4.99 Å². The Balaban J connectivity index is 1.85. The maximum atomic E-state index is 5.64. The first kappa shape index (κ1) is 21.5. The van der Waals surface area contributed by atoms with E-state index >= 15 is 0 Å². The molecule has 2 fully saturated rings. The number of guanidine groups is 1. The number of rotatable bonds is 10. The van der Waals surface area contributed by atoms with Gasteiger partial charge in [-0.2, -0.15) is 0 Å². The molecule has 0 aromatic rings. The predicted octanol–water partition coefficient (Wildman–Crippen LogP) is 3.26. The molecule has 1 atom stereocenters. The zero-order valence-corrected chi connectivity index (χ0v) is 17.5. The molecule has 2 N–H and O–H groups in total. The molecule has 0 aromatic heterocycles. The molecular formula is C21H42N4O. The smallest absolute Gasteiger partial charge is 0.191 e. The summed E-state index contributed by atoms with van der Waals surface area (Å²) in [6, 6.07) is 0. The number of nitrogens with zero attached hydrogens (tertiary/aromatic N) is 2. The van der Waals surface area contributed by atoms with Gasteiger partial charge in [0.25, 0.3) is 0 Å². The van der Waals surface area contributed by atoms with Crippen molar-refractivity contribution >= 4 is 5.96 Å². The van der Waals surface area contributed by atoms with Gasteiger partial charge in [0.1, 0.15) is 0 Å².